The molecule has 0 aliphatic rings. The SMILES string of the molecule is CCOC(=O)C(=O)Nc1c(-c2ccccc2)c2[nH]c3ccc(OC)cc3c2[nH]c1=O. The van der Waals surface area contributed by atoms with Crippen LogP contribution in [-0.4, -0.2) is 35.6 Å². The third kappa shape index (κ3) is 3.28. The number of H-pyrrole nitrogens is 2. The minimum Gasteiger partial charge on any atom is -0.497 e. The Morgan fingerprint density at radius 1 is 1.03 bits per heavy atom. The van der Waals surface area contributed by atoms with Crippen LogP contribution in [-0.2, 0) is 14.3 Å². The molecular formula is C22H19N3O5. The third-order valence-corrected chi connectivity index (χ3v) is 4.73. The zero-order valence-electron chi connectivity index (χ0n) is 16.4. The van der Waals surface area contributed by atoms with Gasteiger partial charge in [-0.2, -0.15) is 0 Å². The number of fused-ring (bicyclic) bond motifs is 3. The van der Waals surface area contributed by atoms with Crippen molar-refractivity contribution < 1.29 is 19.1 Å². The number of hydrogen-bond donors (Lipinski definition) is 3. The normalized spacial score (nSPS) is 10.9. The summed E-state index contributed by atoms with van der Waals surface area (Å²) in [6.45, 7) is 1.65. The van der Waals surface area contributed by atoms with Crippen LogP contribution in [0.2, 0.25) is 0 Å². The summed E-state index contributed by atoms with van der Waals surface area (Å²) in [5.74, 6) is -1.43. The predicted octanol–water partition coefficient (Wildman–Crippen LogP) is 3.19. The first-order valence-electron chi connectivity index (χ1n) is 9.32. The van der Waals surface area contributed by atoms with E-state index in [2.05, 4.69) is 15.3 Å². The quantitative estimate of drug-likeness (QED) is 0.356. The van der Waals surface area contributed by atoms with Gasteiger partial charge in [0.05, 0.1) is 24.8 Å². The van der Waals surface area contributed by atoms with Crippen molar-refractivity contribution >= 4 is 39.5 Å². The zero-order valence-corrected chi connectivity index (χ0v) is 16.4. The molecule has 0 saturated carbocycles. The number of amides is 1. The number of esters is 1. The number of ether oxygens (including phenoxy) is 2. The van der Waals surface area contributed by atoms with Crippen molar-refractivity contribution in [3.63, 3.8) is 0 Å². The van der Waals surface area contributed by atoms with E-state index in [1.54, 1.807) is 20.1 Å². The third-order valence-electron chi connectivity index (χ3n) is 4.73. The largest absolute Gasteiger partial charge is 0.497 e. The Morgan fingerprint density at radius 3 is 2.50 bits per heavy atom. The van der Waals surface area contributed by atoms with Crippen molar-refractivity contribution in [2.75, 3.05) is 19.0 Å². The molecule has 0 unspecified atom stereocenters. The molecule has 1 amide bonds. The Kier molecular flexibility index (Phi) is 4.97. The van der Waals surface area contributed by atoms with Crippen LogP contribution in [0, 0.1) is 0 Å². The zero-order chi connectivity index (χ0) is 21.3. The first-order chi connectivity index (χ1) is 14.5. The van der Waals surface area contributed by atoms with E-state index < -0.39 is 17.4 Å². The van der Waals surface area contributed by atoms with Gasteiger partial charge >= 0.3 is 11.9 Å². The molecule has 152 valence electrons. The first kappa shape index (κ1) is 19.3. The molecule has 8 nitrogen and oxygen atoms in total. The van der Waals surface area contributed by atoms with Gasteiger partial charge in [-0.3, -0.25) is 9.59 Å². The fraction of sp³-hybridized carbons (Fsp3) is 0.136. The fourth-order valence-electron chi connectivity index (χ4n) is 3.40. The Morgan fingerprint density at radius 2 is 1.80 bits per heavy atom. The molecule has 0 bridgehead atoms. The average Bonchev–Trinajstić information content (AvgIpc) is 3.11. The molecule has 30 heavy (non-hydrogen) atoms. The van der Waals surface area contributed by atoms with Gasteiger partial charge in [0, 0.05) is 16.5 Å². The number of pyridine rings is 1. The summed E-state index contributed by atoms with van der Waals surface area (Å²) in [4.78, 5) is 43.2. The van der Waals surface area contributed by atoms with Crippen molar-refractivity contribution in [2.24, 2.45) is 0 Å². The standard InChI is InChI=1S/C22H19N3O5/c1-3-30-22(28)21(27)25-19-16(12-7-5-4-6-8-12)18-17(24-20(19)26)14-11-13(29-2)9-10-15(14)23-18/h4-11,23H,3H2,1-2H3,(H,24,26)(H,25,27). The molecule has 2 heterocycles. The van der Waals surface area contributed by atoms with Gasteiger partial charge in [-0.25, -0.2) is 4.79 Å². The molecule has 0 fully saturated rings. The summed E-state index contributed by atoms with van der Waals surface area (Å²) in [6, 6.07) is 14.6. The van der Waals surface area contributed by atoms with Crippen molar-refractivity contribution in [1.29, 1.82) is 0 Å². The molecule has 4 aromatic rings. The van der Waals surface area contributed by atoms with Crippen molar-refractivity contribution in [2.45, 2.75) is 6.92 Å². The van der Waals surface area contributed by atoms with E-state index in [-0.39, 0.29) is 12.3 Å². The van der Waals surface area contributed by atoms with Gasteiger partial charge < -0.3 is 24.8 Å². The molecule has 2 aromatic carbocycles. The van der Waals surface area contributed by atoms with E-state index >= 15 is 0 Å². The maximum absolute atomic E-state index is 13.0. The van der Waals surface area contributed by atoms with Gasteiger partial charge in [-0.05, 0) is 30.7 Å². The van der Waals surface area contributed by atoms with Crippen LogP contribution in [0.5, 0.6) is 5.75 Å². The van der Waals surface area contributed by atoms with Crippen LogP contribution in [0.1, 0.15) is 6.92 Å². The average molecular weight is 405 g/mol. The number of aromatic amines is 2. The molecule has 3 N–H and O–H groups in total. The van der Waals surface area contributed by atoms with Crippen LogP contribution in [0.15, 0.2) is 53.3 Å². The highest BCUT2D eigenvalue weighted by Gasteiger charge is 2.23. The summed E-state index contributed by atoms with van der Waals surface area (Å²) in [6.07, 6.45) is 0. The van der Waals surface area contributed by atoms with E-state index in [0.29, 0.717) is 27.9 Å². The second kappa shape index (κ2) is 7.75. The summed E-state index contributed by atoms with van der Waals surface area (Å²) in [7, 11) is 1.57. The minimum atomic E-state index is -1.06. The lowest BCUT2D eigenvalue weighted by atomic mass is 10.0. The van der Waals surface area contributed by atoms with Crippen molar-refractivity contribution in [3.8, 4) is 16.9 Å². The van der Waals surface area contributed by atoms with E-state index in [1.165, 1.54) is 0 Å². The number of methoxy groups -OCH3 is 1. The molecule has 8 heteroatoms. The second-order valence-corrected chi connectivity index (χ2v) is 6.53. The Labute approximate surface area is 170 Å². The number of hydrogen-bond acceptors (Lipinski definition) is 5. The number of benzene rings is 2. The summed E-state index contributed by atoms with van der Waals surface area (Å²) in [5.41, 5.74) is 2.57. The second-order valence-electron chi connectivity index (χ2n) is 6.53. The molecule has 0 saturated heterocycles. The lowest BCUT2D eigenvalue weighted by Gasteiger charge is -2.11. The number of anilines is 1. The highest BCUT2D eigenvalue weighted by Crippen LogP contribution is 2.36. The molecule has 0 radical (unpaired) electrons. The van der Waals surface area contributed by atoms with Gasteiger partial charge in [-0.1, -0.05) is 30.3 Å². The molecule has 0 aliphatic carbocycles. The minimum absolute atomic E-state index is 0.0368. The number of rotatable bonds is 4. The summed E-state index contributed by atoms with van der Waals surface area (Å²) in [5, 5.41) is 3.18. The highest BCUT2D eigenvalue weighted by atomic mass is 16.5. The topological polar surface area (TPSA) is 113 Å². The highest BCUT2D eigenvalue weighted by molar-refractivity contribution is 6.37. The van der Waals surface area contributed by atoms with Crippen LogP contribution < -0.4 is 15.6 Å². The lowest BCUT2D eigenvalue weighted by Crippen LogP contribution is -2.28. The van der Waals surface area contributed by atoms with Gasteiger partial charge in [0.25, 0.3) is 5.56 Å². The molecule has 0 atom stereocenters. The molecular weight excluding hydrogens is 386 g/mol. The smallest absolute Gasteiger partial charge is 0.397 e. The van der Waals surface area contributed by atoms with Crippen LogP contribution in [0.4, 0.5) is 5.69 Å². The Hall–Kier alpha value is -4.07. The summed E-state index contributed by atoms with van der Waals surface area (Å²) < 4.78 is 10.0. The number of carbonyl (C=O) groups is 2. The van der Waals surface area contributed by atoms with E-state index in [4.69, 9.17) is 9.47 Å². The molecule has 0 aliphatic heterocycles. The Balaban J connectivity index is 2.00. The van der Waals surface area contributed by atoms with Crippen LogP contribution in [0.3, 0.4) is 0 Å². The van der Waals surface area contributed by atoms with Crippen molar-refractivity contribution in [1.82, 2.24) is 9.97 Å². The van der Waals surface area contributed by atoms with Gasteiger partial charge in [-0.15, -0.1) is 0 Å². The monoisotopic (exact) mass is 405 g/mol. The number of carbonyl (C=O) groups excluding carboxylic acids is 2. The van der Waals surface area contributed by atoms with Crippen molar-refractivity contribution in [3.05, 3.63) is 58.9 Å². The summed E-state index contributed by atoms with van der Waals surface area (Å²) >= 11 is 0. The molecule has 0 spiro atoms. The van der Waals surface area contributed by atoms with Crippen LogP contribution >= 0.6 is 0 Å². The maximum atomic E-state index is 13.0. The molecule has 2 aromatic heterocycles. The maximum Gasteiger partial charge on any atom is 0.397 e. The predicted molar refractivity (Wildman–Crippen MR) is 114 cm³/mol. The van der Waals surface area contributed by atoms with E-state index in [9.17, 15) is 14.4 Å². The number of nitrogens with one attached hydrogen (secondary N) is 3. The Bertz CT molecular complexity index is 1320. The molecule has 4 rings (SSSR count). The lowest BCUT2D eigenvalue weighted by molar-refractivity contribution is -0.152. The van der Waals surface area contributed by atoms with Crippen LogP contribution in [0.25, 0.3) is 33.1 Å². The first-order valence-corrected chi connectivity index (χ1v) is 9.32. The fourth-order valence-corrected chi connectivity index (χ4v) is 3.40. The van der Waals surface area contributed by atoms with E-state index in [1.807, 2.05) is 42.5 Å². The van der Waals surface area contributed by atoms with Gasteiger partial charge in [0.2, 0.25) is 0 Å². The van der Waals surface area contributed by atoms with Gasteiger partial charge in [0.1, 0.15) is 11.4 Å². The van der Waals surface area contributed by atoms with E-state index in [0.717, 1.165) is 10.9 Å². The number of aromatic nitrogens is 2. The van der Waals surface area contributed by atoms with Gasteiger partial charge in [0.15, 0.2) is 0 Å².